The van der Waals surface area contributed by atoms with E-state index in [0.717, 1.165) is 25.2 Å². The molecule has 26 heavy (non-hydrogen) atoms. The minimum Gasteiger partial charge on any atom is -0.481 e. The number of aliphatic carboxylic acids is 2. The van der Waals surface area contributed by atoms with Gasteiger partial charge in [-0.15, -0.1) is 0 Å². The molecule has 4 heteroatoms. The monoisotopic (exact) mass is 366 g/mol. The second-order valence-corrected chi connectivity index (χ2v) is 8.75. The predicted octanol–water partition coefficient (Wildman–Crippen LogP) is 5.91. The van der Waals surface area contributed by atoms with Gasteiger partial charge in [-0.3, -0.25) is 9.59 Å². The summed E-state index contributed by atoms with van der Waals surface area (Å²) >= 11 is 0. The zero-order valence-corrected chi connectivity index (χ0v) is 17.1. The van der Waals surface area contributed by atoms with Crippen molar-refractivity contribution in [3.8, 4) is 0 Å². The topological polar surface area (TPSA) is 74.6 Å². The van der Waals surface area contributed by atoms with Gasteiger partial charge in [0.2, 0.25) is 0 Å². The van der Waals surface area contributed by atoms with Crippen LogP contribution in [0.1, 0.15) is 91.9 Å². The third kappa shape index (κ3) is 4.89. The Labute approximate surface area is 159 Å². The van der Waals surface area contributed by atoms with Gasteiger partial charge in [-0.05, 0) is 31.1 Å². The third-order valence-electron chi connectivity index (χ3n) is 6.34. The van der Waals surface area contributed by atoms with Crippen molar-refractivity contribution in [2.75, 3.05) is 0 Å². The number of hydrogen-bond acceptors (Lipinski definition) is 2. The lowest BCUT2D eigenvalue weighted by Crippen LogP contribution is -2.56. The van der Waals surface area contributed by atoms with Crippen molar-refractivity contribution in [2.24, 2.45) is 22.7 Å². The first-order valence-electron chi connectivity index (χ1n) is 10.3. The van der Waals surface area contributed by atoms with Gasteiger partial charge in [-0.25, -0.2) is 0 Å². The van der Waals surface area contributed by atoms with Crippen molar-refractivity contribution in [3.05, 3.63) is 12.2 Å². The summed E-state index contributed by atoms with van der Waals surface area (Å²) in [4.78, 5) is 24.5. The van der Waals surface area contributed by atoms with E-state index in [1.54, 1.807) is 0 Å². The Morgan fingerprint density at radius 2 is 1.38 bits per heavy atom. The first-order chi connectivity index (χ1) is 12.2. The Hall–Kier alpha value is -1.32. The van der Waals surface area contributed by atoms with Crippen LogP contribution in [0.2, 0.25) is 0 Å². The van der Waals surface area contributed by atoms with Crippen LogP contribution in [0.15, 0.2) is 12.2 Å². The first-order valence-corrected chi connectivity index (χ1v) is 10.3. The van der Waals surface area contributed by atoms with Crippen molar-refractivity contribution in [1.82, 2.24) is 0 Å². The molecular formula is C22H38O4. The Morgan fingerprint density at radius 3 is 1.88 bits per heavy atom. The molecule has 0 radical (unpaired) electrons. The lowest BCUT2D eigenvalue weighted by atomic mass is 9.51. The number of unbranched alkanes of at least 4 members (excludes halogenated alkanes) is 5. The first kappa shape index (κ1) is 22.7. The van der Waals surface area contributed by atoms with Crippen molar-refractivity contribution in [1.29, 1.82) is 0 Å². The summed E-state index contributed by atoms with van der Waals surface area (Å²) in [6.45, 7) is 8.18. The van der Waals surface area contributed by atoms with E-state index in [1.807, 2.05) is 26.0 Å². The van der Waals surface area contributed by atoms with Gasteiger partial charge in [0.05, 0.1) is 10.8 Å². The summed E-state index contributed by atoms with van der Waals surface area (Å²) < 4.78 is 0. The van der Waals surface area contributed by atoms with E-state index in [0.29, 0.717) is 19.3 Å². The molecule has 4 nitrogen and oxygen atoms in total. The Kier molecular flexibility index (Phi) is 8.85. The summed E-state index contributed by atoms with van der Waals surface area (Å²) in [7, 11) is 0. The van der Waals surface area contributed by atoms with E-state index in [9.17, 15) is 19.8 Å². The molecule has 1 aliphatic rings. The molecule has 0 saturated heterocycles. The molecule has 0 aromatic carbocycles. The zero-order valence-electron chi connectivity index (χ0n) is 17.1. The maximum Gasteiger partial charge on any atom is 0.311 e. The molecule has 0 fully saturated rings. The van der Waals surface area contributed by atoms with Crippen LogP contribution < -0.4 is 0 Å². The lowest BCUT2D eigenvalue weighted by molar-refractivity contribution is -0.181. The van der Waals surface area contributed by atoms with Gasteiger partial charge in [0, 0.05) is 0 Å². The van der Waals surface area contributed by atoms with E-state index in [4.69, 9.17) is 0 Å². The van der Waals surface area contributed by atoms with Crippen molar-refractivity contribution < 1.29 is 19.8 Å². The summed E-state index contributed by atoms with van der Waals surface area (Å²) in [6.07, 6.45) is 12.6. The molecular weight excluding hydrogens is 328 g/mol. The summed E-state index contributed by atoms with van der Waals surface area (Å²) in [5.74, 6) is -1.38. The maximum absolute atomic E-state index is 12.3. The number of carboxylic acids is 2. The highest BCUT2D eigenvalue weighted by Crippen LogP contribution is 2.56. The molecule has 0 aromatic rings. The Balaban J connectivity index is 2.70. The fourth-order valence-electron chi connectivity index (χ4n) is 4.66. The fourth-order valence-corrected chi connectivity index (χ4v) is 4.66. The van der Waals surface area contributed by atoms with Gasteiger partial charge < -0.3 is 10.2 Å². The minimum atomic E-state index is -1.22. The van der Waals surface area contributed by atoms with Crippen molar-refractivity contribution in [3.63, 3.8) is 0 Å². The summed E-state index contributed by atoms with van der Waals surface area (Å²) in [6, 6.07) is 0. The molecule has 0 aromatic heterocycles. The van der Waals surface area contributed by atoms with Crippen LogP contribution in [0.3, 0.4) is 0 Å². The van der Waals surface area contributed by atoms with Crippen LogP contribution in [-0.4, -0.2) is 22.2 Å². The number of hydrogen-bond donors (Lipinski definition) is 2. The zero-order chi connectivity index (χ0) is 19.8. The molecule has 0 saturated carbocycles. The van der Waals surface area contributed by atoms with Crippen molar-refractivity contribution in [2.45, 2.75) is 91.9 Å². The van der Waals surface area contributed by atoms with Crippen LogP contribution in [0.25, 0.3) is 0 Å². The summed E-state index contributed by atoms with van der Waals surface area (Å²) in [5.41, 5.74) is -2.41. The van der Waals surface area contributed by atoms with Gasteiger partial charge in [0.15, 0.2) is 0 Å². The quantitative estimate of drug-likeness (QED) is 0.332. The van der Waals surface area contributed by atoms with E-state index in [2.05, 4.69) is 13.8 Å². The number of allylic oxidation sites excluding steroid dienone is 2. The molecule has 2 unspecified atom stereocenters. The van der Waals surface area contributed by atoms with Gasteiger partial charge in [-0.1, -0.05) is 84.8 Å². The molecule has 2 N–H and O–H groups in total. The molecule has 0 aliphatic heterocycles. The highest BCUT2D eigenvalue weighted by Gasteiger charge is 2.62. The van der Waals surface area contributed by atoms with Crippen molar-refractivity contribution >= 4 is 11.9 Å². The van der Waals surface area contributed by atoms with Crippen LogP contribution in [0.4, 0.5) is 0 Å². The SMILES string of the molecule is CC(C)CCCCCCCCC1(C(=O)O)CC=CCC1(C(=O)O)C(C)C. The van der Waals surface area contributed by atoms with E-state index in [1.165, 1.54) is 25.7 Å². The maximum atomic E-state index is 12.3. The van der Waals surface area contributed by atoms with Crippen LogP contribution in [0, 0.1) is 22.7 Å². The number of rotatable bonds is 12. The average Bonchev–Trinajstić information content (AvgIpc) is 2.56. The van der Waals surface area contributed by atoms with E-state index >= 15 is 0 Å². The smallest absolute Gasteiger partial charge is 0.311 e. The molecule has 2 atom stereocenters. The Bertz CT molecular complexity index is 494. The van der Waals surface area contributed by atoms with Gasteiger partial charge in [0.25, 0.3) is 0 Å². The molecule has 150 valence electrons. The van der Waals surface area contributed by atoms with Gasteiger partial charge >= 0.3 is 11.9 Å². The van der Waals surface area contributed by atoms with Crippen LogP contribution in [-0.2, 0) is 9.59 Å². The van der Waals surface area contributed by atoms with E-state index in [-0.39, 0.29) is 5.92 Å². The normalized spacial score (nSPS) is 25.8. The second kappa shape index (κ2) is 10.1. The Morgan fingerprint density at radius 1 is 0.846 bits per heavy atom. The lowest BCUT2D eigenvalue weighted by Gasteiger charge is -2.49. The molecule has 0 spiro atoms. The molecule has 1 aliphatic carbocycles. The average molecular weight is 367 g/mol. The van der Waals surface area contributed by atoms with Crippen LogP contribution >= 0.6 is 0 Å². The number of carbonyl (C=O) groups is 2. The fraction of sp³-hybridized carbons (Fsp3) is 0.818. The molecule has 0 heterocycles. The second-order valence-electron chi connectivity index (χ2n) is 8.75. The standard InChI is InChI=1S/C22H38O4/c1-17(2)13-9-7-5-6-8-10-14-21(19(23)24)15-11-12-16-22(21,18(3)4)20(25)26/h11-12,17-18H,5-10,13-16H2,1-4H3,(H,23,24)(H,25,26). The summed E-state index contributed by atoms with van der Waals surface area (Å²) in [5, 5.41) is 20.0. The minimum absolute atomic E-state index is 0.225. The predicted molar refractivity (Wildman–Crippen MR) is 105 cm³/mol. The highest BCUT2D eigenvalue weighted by atomic mass is 16.4. The number of carboxylic acid groups (broad SMARTS) is 2. The molecule has 0 amide bonds. The van der Waals surface area contributed by atoms with Gasteiger partial charge in [0.1, 0.15) is 0 Å². The highest BCUT2D eigenvalue weighted by molar-refractivity contribution is 5.87. The third-order valence-corrected chi connectivity index (χ3v) is 6.34. The van der Waals surface area contributed by atoms with Gasteiger partial charge in [-0.2, -0.15) is 0 Å². The largest absolute Gasteiger partial charge is 0.481 e. The van der Waals surface area contributed by atoms with Crippen LogP contribution in [0.5, 0.6) is 0 Å². The van der Waals surface area contributed by atoms with E-state index < -0.39 is 22.8 Å². The molecule has 0 bridgehead atoms. The molecule has 1 rings (SSSR count).